The Kier molecular flexibility index (Phi) is 4.19. The van der Waals surface area contributed by atoms with Gasteiger partial charge >= 0.3 is 6.18 Å². The monoisotopic (exact) mass is 302 g/mol. The fraction of sp³-hybridized carbons (Fsp3) is 0.857. The highest BCUT2D eigenvalue weighted by atomic mass is 19.4. The molecule has 1 aromatic heterocycles. The normalized spacial score (nSPS) is 24.0. The molecule has 1 N–H and O–H groups in total. The SMILES string of the molecule is FC(F)(F)[C@@H]1CCc2nnc(CNC3CCCCC3)n2C1. The Labute approximate surface area is 122 Å². The molecule has 118 valence electrons. The molecule has 1 atom stereocenters. The molecular formula is C14H21F3N4. The van der Waals surface area contributed by atoms with Crippen LogP contribution in [0.5, 0.6) is 0 Å². The summed E-state index contributed by atoms with van der Waals surface area (Å²) >= 11 is 0. The first-order valence-corrected chi connectivity index (χ1v) is 7.75. The predicted molar refractivity (Wildman–Crippen MR) is 71.6 cm³/mol. The van der Waals surface area contributed by atoms with Gasteiger partial charge in [0.2, 0.25) is 0 Å². The number of nitrogens with one attached hydrogen (secondary N) is 1. The topological polar surface area (TPSA) is 42.7 Å². The molecule has 1 aliphatic heterocycles. The lowest BCUT2D eigenvalue weighted by atomic mass is 9.95. The van der Waals surface area contributed by atoms with Crippen LogP contribution in [0.15, 0.2) is 0 Å². The molecule has 3 rings (SSSR count). The van der Waals surface area contributed by atoms with Crippen molar-refractivity contribution in [3.05, 3.63) is 11.6 Å². The summed E-state index contributed by atoms with van der Waals surface area (Å²) in [6, 6.07) is 0.466. The summed E-state index contributed by atoms with van der Waals surface area (Å²) < 4.78 is 40.3. The van der Waals surface area contributed by atoms with Gasteiger partial charge < -0.3 is 9.88 Å². The Hall–Kier alpha value is -1.11. The van der Waals surface area contributed by atoms with Crippen LogP contribution in [0.3, 0.4) is 0 Å². The zero-order valence-electron chi connectivity index (χ0n) is 12.0. The highest BCUT2D eigenvalue weighted by Gasteiger charge is 2.42. The van der Waals surface area contributed by atoms with Crippen molar-refractivity contribution >= 4 is 0 Å². The van der Waals surface area contributed by atoms with Crippen molar-refractivity contribution in [1.82, 2.24) is 20.1 Å². The highest BCUT2D eigenvalue weighted by Crippen LogP contribution is 2.34. The lowest BCUT2D eigenvalue weighted by Crippen LogP contribution is -2.35. The first-order valence-electron chi connectivity index (χ1n) is 7.75. The van der Waals surface area contributed by atoms with Crippen LogP contribution in [0.4, 0.5) is 13.2 Å². The average molecular weight is 302 g/mol. The second-order valence-electron chi connectivity index (χ2n) is 6.14. The summed E-state index contributed by atoms with van der Waals surface area (Å²) in [4.78, 5) is 0. The standard InChI is InChI=1S/C14H21F3N4/c15-14(16,17)10-6-7-12-19-20-13(21(12)9-10)8-18-11-4-2-1-3-5-11/h10-11,18H,1-9H2/t10-/m1/s1. The molecule has 0 unspecified atom stereocenters. The Morgan fingerprint density at radius 2 is 1.86 bits per heavy atom. The largest absolute Gasteiger partial charge is 0.393 e. The van der Waals surface area contributed by atoms with Gasteiger partial charge in [-0.3, -0.25) is 0 Å². The van der Waals surface area contributed by atoms with E-state index < -0.39 is 12.1 Å². The van der Waals surface area contributed by atoms with E-state index in [0.29, 0.717) is 30.7 Å². The Balaban J connectivity index is 1.64. The number of alkyl halides is 3. The Morgan fingerprint density at radius 1 is 1.10 bits per heavy atom. The molecule has 0 saturated heterocycles. The minimum absolute atomic E-state index is 0.0342. The third-order valence-electron chi connectivity index (χ3n) is 4.64. The van der Waals surface area contributed by atoms with E-state index in [1.807, 2.05) is 0 Å². The third-order valence-corrected chi connectivity index (χ3v) is 4.64. The quantitative estimate of drug-likeness (QED) is 0.933. The minimum Gasteiger partial charge on any atom is -0.313 e. The molecule has 4 nitrogen and oxygen atoms in total. The van der Waals surface area contributed by atoms with Gasteiger partial charge in [0, 0.05) is 19.0 Å². The molecule has 1 aromatic rings. The van der Waals surface area contributed by atoms with Crippen LogP contribution in [0.2, 0.25) is 0 Å². The smallest absolute Gasteiger partial charge is 0.313 e. The zero-order valence-corrected chi connectivity index (χ0v) is 12.0. The van der Waals surface area contributed by atoms with Crippen molar-refractivity contribution < 1.29 is 13.2 Å². The summed E-state index contributed by atoms with van der Waals surface area (Å²) in [5, 5.41) is 11.5. The van der Waals surface area contributed by atoms with Crippen molar-refractivity contribution in [3.63, 3.8) is 0 Å². The number of halogens is 3. The van der Waals surface area contributed by atoms with E-state index in [9.17, 15) is 13.2 Å². The van der Waals surface area contributed by atoms with Gasteiger partial charge in [-0.2, -0.15) is 13.2 Å². The predicted octanol–water partition coefficient (Wildman–Crippen LogP) is 2.83. The number of aryl methyl sites for hydroxylation is 1. The van der Waals surface area contributed by atoms with E-state index >= 15 is 0 Å². The summed E-state index contributed by atoms with van der Waals surface area (Å²) in [5.74, 6) is 0.0647. The molecule has 7 heteroatoms. The van der Waals surface area contributed by atoms with Crippen molar-refractivity contribution in [1.29, 1.82) is 0 Å². The van der Waals surface area contributed by atoms with Crippen LogP contribution in [-0.2, 0) is 19.5 Å². The average Bonchev–Trinajstić information content (AvgIpc) is 2.87. The van der Waals surface area contributed by atoms with Crippen molar-refractivity contribution in [2.45, 2.75) is 70.3 Å². The van der Waals surface area contributed by atoms with Crippen molar-refractivity contribution in [3.8, 4) is 0 Å². The molecule has 21 heavy (non-hydrogen) atoms. The molecule has 2 heterocycles. The van der Waals surface area contributed by atoms with Crippen LogP contribution < -0.4 is 5.32 Å². The molecule has 2 aliphatic rings. The van der Waals surface area contributed by atoms with E-state index in [1.165, 1.54) is 19.3 Å². The fourth-order valence-corrected chi connectivity index (χ4v) is 3.32. The number of hydrogen-bond acceptors (Lipinski definition) is 3. The van der Waals surface area contributed by atoms with E-state index in [-0.39, 0.29) is 13.0 Å². The second kappa shape index (κ2) is 5.94. The third kappa shape index (κ3) is 3.39. The molecule has 0 aromatic carbocycles. The summed E-state index contributed by atoms with van der Waals surface area (Å²) in [6.07, 6.45) is 2.38. The van der Waals surface area contributed by atoms with E-state index in [4.69, 9.17) is 0 Å². The Morgan fingerprint density at radius 3 is 2.57 bits per heavy atom. The first-order chi connectivity index (χ1) is 10.0. The van der Waals surface area contributed by atoms with Crippen LogP contribution in [0.1, 0.15) is 50.2 Å². The van der Waals surface area contributed by atoms with Crippen LogP contribution in [0.25, 0.3) is 0 Å². The van der Waals surface area contributed by atoms with Gasteiger partial charge in [0.25, 0.3) is 0 Å². The van der Waals surface area contributed by atoms with Crippen LogP contribution in [0, 0.1) is 5.92 Å². The summed E-state index contributed by atoms with van der Waals surface area (Å²) in [7, 11) is 0. The number of aromatic nitrogens is 3. The Bertz CT molecular complexity index is 477. The van der Waals surface area contributed by atoms with E-state index in [0.717, 1.165) is 12.8 Å². The molecular weight excluding hydrogens is 281 g/mol. The maximum absolute atomic E-state index is 12.9. The molecule has 0 bridgehead atoms. The molecule has 0 spiro atoms. The number of hydrogen-bond donors (Lipinski definition) is 1. The number of rotatable bonds is 3. The van der Waals surface area contributed by atoms with Gasteiger partial charge in [-0.05, 0) is 19.3 Å². The minimum atomic E-state index is -4.13. The van der Waals surface area contributed by atoms with Crippen LogP contribution in [-0.4, -0.2) is 27.0 Å². The van der Waals surface area contributed by atoms with E-state index in [1.54, 1.807) is 4.57 Å². The summed E-state index contributed by atoms with van der Waals surface area (Å²) in [5.41, 5.74) is 0. The van der Waals surface area contributed by atoms with Gasteiger partial charge in [0.1, 0.15) is 11.6 Å². The summed E-state index contributed by atoms with van der Waals surface area (Å²) in [6.45, 7) is 0.482. The van der Waals surface area contributed by atoms with Gasteiger partial charge in [0.15, 0.2) is 0 Å². The van der Waals surface area contributed by atoms with Gasteiger partial charge in [-0.1, -0.05) is 19.3 Å². The number of fused-ring (bicyclic) bond motifs is 1. The van der Waals surface area contributed by atoms with Crippen molar-refractivity contribution in [2.75, 3.05) is 0 Å². The van der Waals surface area contributed by atoms with Crippen LogP contribution >= 0.6 is 0 Å². The fourth-order valence-electron chi connectivity index (χ4n) is 3.32. The van der Waals surface area contributed by atoms with E-state index in [2.05, 4.69) is 15.5 Å². The lowest BCUT2D eigenvalue weighted by Gasteiger charge is -2.27. The molecule has 1 saturated carbocycles. The highest BCUT2D eigenvalue weighted by molar-refractivity contribution is 5.01. The first kappa shape index (κ1) is 14.8. The maximum atomic E-state index is 12.9. The maximum Gasteiger partial charge on any atom is 0.393 e. The molecule has 1 fully saturated rings. The van der Waals surface area contributed by atoms with Gasteiger partial charge in [0.05, 0.1) is 12.5 Å². The lowest BCUT2D eigenvalue weighted by molar-refractivity contribution is -0.182. The second-order valence-corrected chi connectivity index (χ2v) is 6.14. The van der Waals surface area contributed by atoms with Gasteiger partial charge in [-0.25, -0.2) is 0 Å². The molecule has 0 amide bonds. The van der Waals surface area contributed by atoms with Gasteiger partial charge in [-0.15, -0.1) is 10.2 Å². The number of nitrogens with zero attached hydrogens (tertiary/aromatic N) is 3. The molecule has 0 radical (unpaired) electrons. The zero-order chi connectivity index (χ0) is 14.9. The molecule has 1 aliphatic carbocycles. The van der Waals surface area contributed by atoms with Crippen molar-refractivity contribution in [2.24, 2.45) is 5.92 Å².